The van der Waals surface area contributed by atoms with Gasteiger partial charge >= 0.3 is 0 Å². The second kappa shape index (κ2) is 2.66. The summed E-state index contributed by atoms with van der Waals surface area (Å²) in [5.41, 5.74) is -0.00632. The second-order valence-corrected chi connectivity index (χ2v) is 3.30. The van der Waals surface area contributed by atoms with E-state index in [4.69, 9.17) is 9.84 Å². The van der Waals surface area contributed by atoms with Crippen LogP contribution in [0.15, 0.2) is 11.8 Å². The average Bonchev–Trinajstić information content (AvgIpc) is 1.86. The molecule has 0 aromatic carbocycles. The molecule has 1 rings (SSSR count). The zero-order valence-corrected chi connectivity index (χ0v) is 6.76. The lowest BCUT2D eigenvalue weighted by Gasteiger charge is -2.29. The fourth-order valence-electron chi connectivity index (χ4n) is 1.01. The predicted octanol–water partition coefficient (Wildman–Crippen LogP) is 1.20. The normalized spacial score (nSPS) is 27.5. The number of ketones is 1. The fourth-order valence-corrected chi connectivity index (χ4v) is 1.01. The standard InChI is InChI=1S/C8H12O3/c1-8(2)3-7(10)6(4-9)5-11-8/h4,9H,3,5H2,1-2H3. The molecule has 0 amide bonds. The Balaban J connectivity index is 2.70. The van der Waals surface area contributed by atoms with E-state index in [9.17, 15) is 4.79 Å². The Labute approximate surface area is 65.7 Å². The van der Waals surface area contributed by atoms with E-state index in [1.54, 1.807) is 0 Å². The molecule has 0 unspecified atom stereocenters. The largest absolute Gasteiger partial charge is 0.515 e. The van der Waals surface area contributed by atoms with Crippen LogP contribution in [0.3, 0.4) is 0 Å². The first-order chi connectivity index (χ1) is 5.05. The summed E-state index contributed by atoms with van der Waals surface area (Å²) >= 11 is 0. The van der Waals surface area contributed by atoms with Crippen LogP contribution in [0.5, 0.6) is 0 Å². The molecule has 0 aliphatic carbocycles. The van der Waals surface area contributed by atoms with E-state index in [2.05, 4.69) is 0 Å². The van der Waals surface area contributed by atoms with Gasteiger partial charge in [-0.25, -0.2) is 0 Å². The van der Waals surface area contributed by atoms with Crippen LogP contribution in [0, 0.1) is 0 Å². The monoisotopic (exact) mass is 156 g/mol. The zero-order chi connectivity index (χ0) is 8.48. The van der Waals surface area contributed by atoms with Crippen molar-refractivity contribution in [2.75, 3.05) is 6.61 Å². The molecular formula is C8H12O3. The molecular weight excluding hydrogens is 144 g/mol. The first-order valence-electron chi connectivity index (χ1n) is 3.55. The number of hydrogen-bond donors (Lipinski definition) is 1. The summed E-state index contributed by atoms with van der Waals surface area (Å²) in [6, 6.07) is 0. The highest BCUT2D eigenvalue weighted by atomic mass is 16.5. The molecule has 1 heterocycles. The summed E-state index contributed by atoms with van der Waals surface area (Å²) in [6.45, 7) is 3.94. The van der Waals surface area contributed by atoms with E-state index >= 15 is 0 Å². The molecule has 0 aromatic rings. The summed E-state index contributed by atoms with van der Waals surface area (Å²) in [4.78, 5) is 11.1. The van der Waals surface area contributed by atoms with Crippen LogP contribution in [0.1, 0.15) is 20.3 Å². The molecule has 0 aromatic heterocycles. The number of hydrogen-bond acceptors (Lipinski definition) is 3. The fraction of sp³-hybridized carbons (Fsp3) is 0.625. The van der Waals surface area contributed by atoms with Crippen molar-refractivity contribution in [1.29, 1.82) is 0 Å². The third-order valence-electron chi connectivity index (χ3n) is 1.72. The number of ether oxygens (including phenoxy) is 1. The Morgan fingerprint density at radius 1 is 1.64 bits per heavy atom. The summed E-state index contributed by atoms with van der Waals surface area (Å²) < 4.78 is 5.29. The van der Waals surface area contributed by atoms with Gasteiger partial charge in [0, 0.05) is 6.42 Å². The first kappa shape index (κ1) is 8.27. The Morgan fingerprint density at radius 3 is 2.73 bits per heavy atom. The van der Waals surface area contributed by atoms with Gasteiger partial charge in [-0.1, -0.05) is 0 Å². The lowest BCUT2D eigenvalue weighted by molar-refractivity contribution is -0.128. The van der Waals surface area contributed by atoms with E-state index in [0.29, 0.717) is 12.0 Å². The lowest BCUT2D eigenvalue weighted by atomic mass is 9.95. The minimum absolute atomic E-state index is 0.0243. The van der Waals surface area contributed by atoms with Gasteiger partial charge < -0.3 is 9.84 Å². The molecule has 1 N–H and O–H groups in total. The van der Waals surface area contributed by atoms with Crippen molar-refractivity contribution in [2.24, 2.45) is 0 Å². The molecule has 0 atom stereocenters. The van der Waals surface area contributed by atoms with Gasteiger partial charge in [0.2, 0.25) is 0 Å². The molecule has 0 saturated carbocycles. The highest BCUT2D eigenvalue weighted by Gasteiger charge is 2.30. The minimum atomic E-state index is -0.371. The van der Waals surface area contributed by atoms with Crippen LogP contribution in [0.4, 0.5) is 0 Å². The molecule has 1 saturated heterocycles. The van der Waals surface area contributed by atoms with Crippen LogP contribution in [-0.4, -0.2) is 23.1 Å². The van der Waals surface area contributed by atoms with Crippen LogP contribution in [0.25, 0.3) is 0 Å². The van der Waals surface area contributed by atoms with E-state index < -0.39 is 0 Å². The maximum atomic E-state index is 11.1. The molecule has 62 valence electrons. The SMILES string of the molecule is CC1(C)CC(=O)C(=CO)CO1. The van der Waals surface area contributed by atoms with Gasteiger partial charge in [0.1, 0.15) is 0 Å². The summed E-state index contributed by atoms with van der Waals surface area (Å²) in [6.07, 6.45) is 1.18. The number of carbonyl (C=O) groups is 1. The Kier molecular flexibility index (Phi) is 2.00. The molecule has 1 fully saturated rings. The number of aliphatic hydroxyl groups is 1. The Hall–Kier alpha value is -0.830. The van der Waals surface area contributed by atoms with Crippen molar-refractivity contribution in [1.82, 2.24) is 0 Å². The van der Waals surface area contributed by atoms with Crippen molar-refractivity contribution in [3.63, 3.8) is 0 Å². The Morgan fingerprint density at radius 2 is 2.27 bits per heavy atom. The third-order valence-corrected chi connectivity index (χ3v) is 1.72. The van der Waals surface area contributed by atoms with Gasteiger partial charge in [0.15, 0.2) is 5.78 Å². The quantitative estimate of drug-likeness (QED) is 0.423. The van der Waals surface area contributed by atoms with Crippen LogP contribution in [-0.2, 0) is 9.53 Å². The number of carbonyl (C=O) groups excluding carboxylic acids is 1. The lowest BCUT2D eigenvalue weighted by Crippen LogP contribution is -2.35. The number of aliphatic hydroxyl groups excluding tert-OH is 1. The Bertz CT molecular complexity index is 203. The van der Waals surface area contributed by atoms with Gasteiger partial charge in [-0.05, 0) is 13.8 Å². The van der Waals surface area contributed by atoms with Crippen molar-refractivity contribution >= 4 is 5.78 Å². The predicted molar refractivity (Wildman–Crippen MR) is 40.4 cm³/mol. The summed E-state index contributed by atoms with van der Waals surface area (Å²) in [7, 11) is 0. The molecule has 0 spiro atoms. The van der Waals surface area contributed by atoms with Crippen LogP contribution >= 0.6 is 0 Å². The molecule has 11 heavy (non-hydrogen) atoms. The third kappa shape index (κ3) is 1.80. The minimum Gasteiger partial charge on any atom is -0.515 e. The highest BCUT2D eigenvalue weighted by Crippen LogP contribution is 2.23. The van der Waals surface area contributed by atoms with Crippen molar-refractivity contribution in [2.45, 2.75) is 25.9 Å². The van der Waals surface area contributed by atoms with Crippen LogP contribution < -0.4 is 0 Å². The molecule has 3 heteroatoms. The maximum Gasteiger partial charge on any atom is 0.167 e. The topological polar surface area (TPSA) is 46.5 Å². The van der Waals surface area contributed by atoms with Gasteiger partial charge in [0.25, 0.3) is 0 Å². The highest BCUT2D eigenvalue weighted by molar-refractivity contribution is 5.96. The molecule has 1 aliphatic heterocycles. The number of Topliss-reactive ketones (excluding diaryl/α,β-unsaturated/α-hetero) is 1. The van der Waals surface area contributed by atoms with Gasteiger partial charge in [0.05, 0.1) is 24.0 Å². The van der Waals surface area contributed by atoms with E-state index in [0.717, 1.165) is 6.26 Å². The summed E-state index contributed by atoms with van der Waals surface area (Å²) in [5.74, 6) is -0.0243. The van der Waals surface area contributed by atoms with Crippen molar-refractivity contribution < 1.29 is 14.6 Å². The molecule has 0 bridgehead atoms. The smallest absolute Gasteiger partial charge is 0.167 e. The molecule has 3 nitrogen and oxygen atoms in total. The molecule has 1 aliphatic rings. The number of rotatable bonds is 0. The van der Waals surface area contributed by atoms with Gasteiger partial charge in [-0.2, -0.15) is 0 Å². The molecule has 0 radical (unpaired) electrons. The summed E-state index contributed by atoms with van der Waals surface area (Å²) in [5, 5.41) is 8.57. The van der Waals surface area contributed by atoms with E-state index in [-0.39, 0.29) is 18.0 Å². The van der Waals surface area contributed by atoms with Gasteiger partial charge in [-0.3, -0.25) is 4.79 Å². The first-order valence-corrected chi connectivity index (χ1v) is 3.55. The zero-order valence-electron chi connectivity index (χ0n) is 6.76. The second-order valence-electron chi connectivity index (χ2n) is 3.30. The average molecular weight is 156 g/mol. The van der Waals surface area contributed by atoms with E-state index in [1.807, 2.05) is 13.8 Å². The van der Waals surface area contributed by atoms with Crippen molar-refractivity contribution in [3.8, 4) is 0 Å². The maximum absolute atomic E-state index is 11.1. The van der Waals surface area contributed by atoms with Crippen LogP contribution in [0.2, 0.25) is 0 Å². The van der Waals surface area contributed by atoms with Gasteiger partial charge in [-0.15, -0.1) is 0 Å². The van der Waals surface area contributed by atoms with E-state index in [1.165, 1.54) is 0 Å². The van der Waals surface area contributed by atoms with Crippen molar-refractivity contribution in [3.05, 3.63) is 11.8 Å².